The molecule has 0 unspecified atom stereocenters. The fourth-order valence-corrected chi connectivity index (χ4v) is 4.31. The van der Waals surface area contributed by atoms with E-state index in [9.17, 15) is 4.39 Å². The molecular formula is C23H23BClFN4O4. The normalized spacial score (nSPS) is 20.7. The first-order valence-electron chi connectivity index (χ1n) is 10.9. The zero-order chi connectivity index (χ0) is 23.7. The van der Waals surface area contributed by atoms with Crippen molar-refractivity contribution < 1.29 is 23.3 Å². The predicted octanol–water partition coefficient (Wildman–Crippen LogP) is 2.45. The van der Waals surface area contributed by atoms with E-state index in [1.54, 1.807) is 19.2 Å². The highest BCUT2D eigenvalue weighted by Crippen LogP contribution is 2.35. The van der Waals surface area contributed by atoms with E-state index >= 15 is 0 Å². The molecule has 2 saturated heterocycles. The molecule has 0 amide bonds. The summed E-state index contributed by atoms with van der Waals surface area (Å²) in [6.45, 7) is 4.13. The first-order valence-corrected chi connectivity index (χ1v) is 11.3. The molecule has 0 saturated carbocycles. The molecule has 2 radical (unpaired) electrons. The second-order valence-corrected chi connectivity index (χ2v) is 8.62. The van der Waals surface area contributed by atoms with Crippen LogP contribution in [0.3, 0.4) is 0 Å². The highest BCUT2D eigenvalue weighted by Gasteiger charge is 2.31. The van der Waals surface area contributed by atoms with Crippen LogP contribution in [0.5, 0.6) is 11.5 Å². The average molecular weight is 485 g/mol. The van der Waals surface area contributed by atoms with Gasteiger partial charge in [-0.05, 0) is 18.2 Å². The topological polar surface area (TPSA) is 78.0 Å². The van der Waals surface area contributed by atoms with E-state index in [1.165, 1.54) is 12.4 Å². The maximum Gasteiger partial charge on any atom is 0.163 e. The molecule has 2 aliphatic heterocycles. The summed E-state index contributed by atoms with van der Waals surface area (Å²) < 4.78 is 37.5. The van der Waals surface area contributed by atoms with Gasteiger partial charge < -0.3 is 24.3 Å². The maximum atomic E-state index is 14.4. The maximum absolute atomic E-state index is 14.4. The number of nitrogens with zero attached hydrogens (tertiary/aromatic N) is 3. The molecule has 3 heterocycles. The van der Waals surface area contributed by atoms with Crippen molar-refractivity contribution in [1.82, 2.24) is 14.9 Å². The van der Waals surface area contributed by atoms with Crippen molar-refractivity contribution in [3.8, 4) is 11.5 Å². The summed E-state index contributed by atoms with van der Waals surface area (Å²) in [6, 6.07) is 6.41. The Hall–Kier alpha value is -2.66. The minimum Gasteiger partial charge on any atom is -0.493 e. The molecule has 2 fully saturated rings. The molecule has 1 N–H and O–H groups in total. The molecule has 176 valence electrons. The SMILES string of the molecule is [B]c1cc(F)c(Nc2ncnc3cc(OC[C@H]4CN5CCOC[C@H]5CO4)c(OC)cc23)cc1Cl. The van der Waals surface area contributed by atoms with Crippen LogP contribution in [0.25, 0.3) is 10.9 Å². The fourth-order valence-electron chi connectivity index (χ4n) is 4.15. The third-order valence-electron chi connectivity index (χ3n) is 6.00. The van der Waals surface area contributed by atoms with Crippen molar-refractivity contribution >= 4 is 47.3 Å². The largest absolute Gasteiger partial charge is 0.493 e. The molecule has 0 spiro atoms. The van der Waals surface area contributed by atoms with Crippen molar-refractivity contribution in [2.24, 2.45) is 0 Å². The number of benzene rings is 2. The number of hydrogen-bond acceptors (Lipinski definition) is 8. The first kappa shape index (κ1) is 23.1. The number of anilines is 2. The van der Waals surface area contributed by atoms with E-state index in [1.807, 2.05) is 0 Å². The number of methoxy groups -OCH3 is 1. The molecule has 2 aromatic carbocycles. The minimum absolute atomic E-state index is 0.0596. The van der Waals surface area contributed by atoms with Crippen LogP contribution in [-0.2, 0) is 9.47 Å². The number of hydrogen-bond donors (Lipinski definition) is 1. The standard InChI is InChI=1S/C23H23BClFN4O4/c1-31-21-4-15-19(27-12-28-23(15)29-20-6-17(25)16(24)5-18(20)26)7-22(21)34-11-14-8-30-2-3-32-9-13(30)10-33-14/h4-7,12-14H,2-3,8-11H2,1H3,(H,27,28,29)/t13-,14+/m0/s1. The fraction of sp³-hybridized carbons (Fsp3) is 0.391. The van der Waals surface area contributed by atoms with E-state index in [0.717, 1.165) is 25.8 Å². The molecule has 3 aromatic rings. The van der Waals surface area contributed by atoms with Crippen LogP contribution < -0.4 is 20.3 Å². The number of halogens is 2. The third kappa shape index (κ3) is 4.76. The summed E-state index contributed by atoms with van der Waals surface area (Å²) in [6.07, 6.45) is 1.33. The minimum atomic E-state index is -0.546. The van der Waals surface area contributed by atoms with E-state index < -0.39 is 5.82 Å². The van der Waals surface area contributed by atoms with Gasteiger partial charge in [-0.2, -0.15) is 0 Å². The summed E-state index contributed by atoms with van der Waals surface area (Å²) in [4.78, 5) is 11.0. The zero-order valence-corrected chi connectivity index (χ0v) is 19.3. The van der Waals surface area contributed by atoms with E-state index in [-0.39, 0.29) is 22.3 Å². The molecule has 2 aliphatic rings. The van der Waals surface area contributed by atoms with E-state index in [2.05, 4.69) is 20.2 Å². The Bertz CT molecular complexity index is 1200. The molecule has 2 atom stereocenters. The third-order valence-corrected chi connectivity index (χ3v) is 6.32. The van der Waals surface area contributed by atoms with Crippen molar-refractivity contribution in [3.63, 3.8) is 0 Å². The Morgan fingerprint density at radius 3 is 2.97 bits per heavy atom. The van der Waals surface area contributed by atoms with Gasteiger partial charge in [-0.3, -0.25) is 4.90 Å². The Labute approximate surface area is 202 Å². The number of nitrogens with one attached hydrogen (secondary N) is 1. The van der Waals surface area contributed by atoms with Crippen molar-refractivity contribution in [1.29, 1.82) is 0 Å². The monoisotopic (exact) mass is 484 g/mol. The molecule has 1 aromatic heterocycles. The molecular weight excluding hydrogens is 462 g/mol. The van der Waals surface area contributed by atoms with Gasteiger partial charge in [0.15, 0.2) is 11.5 Å². The van der Waals surface area contributed by atoms with Crippen molar-refractivity contribution in [2.75, 3.05) is 51.9 Å². The Morgan fingerprint density at radius 1 is 1.24 bits per heavy atom. The highest BCUT2D eigenvalue weighted by molar-refractivity contribution is 6.45. The second-order valence-electron chi connectivity index (χ2n) is 8.21. The average Bonchev–Trinajstić information content (AvgIpc) is 2.85. The lowest BCUT2D eigenvalue weighted by molar-refractivity contribution is -0.124. The van der Waals surface area contributed by atoms with Crippen LogP contribution in [0.4, 0.5) is 15.9 Å². The number of ether oxygens (including phenoxy) is 4. The van der Waals surface area contributed by atoms with Gasteiger partial charge in [-0.25, -0.2) is 14.4 Å². The lowest BCUT2D eigenvalue weighted by atomic mass is 9.96. The lowest BCUT2D eigenvalue weighted by Crippen LogP contribution is -2.56. The molecule has 11 heteroatoms. The quantitative estimate of drug-likeness (QED) is 0.535. The number of fused-ring (bicyclic) bond motifs is 2. The molecule has 0 aliphatic carbocycles. The number of rotatable bonds is 6. The Kier molecular flexibility index (Phi) is 6.74. The molecule has 0 bridgehead atoms. The van der Waals surface area contributed by atoms with Crippen molar-refractivity contribution in [2.45, 2.75) is 12.1 Å². The number of aromatic nitrogens is 2. The van der Waals surface area contributed by atoms with E-state index in [0.29, 0.717) is 54.1 Å². The van der Waals surface area contributed by atoms with Crippen LogP contribution >= 0.6 is 11.6 Å². The summed E-state index contributed by atoms with van der Waals surface area (Å²) in [5.74, 6) is 0.884. The lowest BCUT2D eigenvalue weighted by Gasteiger charge is -2.41. The van der Waals surface area contributed by atoms with Gasteiger partial charge in [0, 0.05) is 29.6 Å². The van der Waals surface area contributed by atoms with Crippen LogP contribution in [0.15, 0.2) is 30.6 Å². The Morgan fingerprint density at radius 2 is 2.12 bits per heavy atom. The van der Waals surface area contributed by atoms with Crippen LogP contribution in [0, 0.1) is 5.82 Å². The van der Waals surface area contributed by atoms with Gasteiger partial charge in [0.1, 0.15) is 38.5 Å². The van der Waals surface area contributed by atoms with Crippen LogP contribution in [0.2, 0.25) is 5.02 Å². The predicted molar refractivity (Wildman–Crippen MR) is 128 cm³/mol. The van der Waals surface area contributed by atoms with Gasteiger partial charge >= 0.3 is 0 Å². The van der Waals surface area contributed by atoms with Gasteiger partial charge in [-0.1, -0.05) is 17.1 Å². The second kappa shape index (κ2) is 9.91. The van der Waals surface area contributed by atoms with Gasteiger partial charge in [0.2, 0.25) is 0 Å². The summed E-state index contributed by atoms with van der Waals surface area (Å²) in [7, 11) is 7.23. The smallest absolute Gasteiger partial charge is 0.163 e. The number of morpholine rings is 2. The van der Waals surface area contributed by atoms with Gasteiger partial charge in [-0.15, -0.1) is 0 Å². The molecule has 8 nitrogen and oxygen atoms in total. The Balaban J connectivity index is 1.36. The van der Waals surface area contributed by atoms with Crippen LogP contribution in [0.1, 0.15) is 0 Å². The first-order chi connectivity index (χ1) is 16.5. The van der Waals surface area contributed by atoms with Crippen molar-refractivity contribution in [3.05, 3.63) is 41.4 Å². The highest BCUT2D eigenvalue weighted by atomic mass is 35.5. The summed E-state index contributed by atoms with van der Waals surface area (Å²) in [5, 5.41) is 3.83. The zero-order valence-electron chi connectivity index (χ0n) is 18.6. The van der Waals surface area contributed by atoms with Gasteiger partial charge in [0.25, 0.3) is 0 Å². The molecule has 34 heavy (non-hydrogen) atoms. The molecule has 5 rings (SSSR count). The summed E-state index contributed by atoms with van der Waals surface area (Å²) >= 11 is 6.05. The van der Waals surface area contributed by atoms with Gasteiger partial charge in [0.05, 0.1) is 44.2 Å². The summed E-state index contributed by atoms with van der Waals surface area (Å²) in [5.41, 5.74) is 0.911. The van der Waals surface area contributed by atoms with Crippen LogP contribution in [-0.4, -0.2) is 81.5 Å². The van der Waals surface area contributed by atoms with E-state index in [4.69, 9.17) is 38.4 Å².